The van der Waals surface area contributed by atoms with E-state index in [1.54, 1.807) is 38.4 Å². The zero-order chi connectivity index (χ0) is 20.4. The van der Waals surface area contributed by atoms with Crippen molar-refractivity contribution in [2.24, 2.45) is 5.73 Å². The van der Waals surface area contributed by atoms with E-state index in [0.717, 1.165) is 5.56 Å². The highest BCUT2D eigenvalue weighted by atomic mass is 16.5. The molecule has 2 heterocycles. The first-order chi connectivity index (χ1) is 13.4. The Hall–Kier alpha value is -3.50. The molecule has 28 heavy (non-hydrogen) atoms. The van der Waals surface area contributed by atoms with Gasteiger partial charge in [0.15, 0.2) is 0 Å². The number of fused-ring (bicyclic) bond motifs is 1. The van der Waals surface area contributed by atoms with E-state index in [-0.39, 0.29) is 6.61 Å². The third-order valence-corrected chi connectivity index (χ3v) is 4.58. The zero-order valence-electron chi connectivity index (χ0n) is 16.2. The third kappa shape index (κ3) is 3.15. The van der Waals surface area contributed by atoms with Gasteiger partial charge in [-0.1, -0.05) is 0 Å². The molecule has 0 unspecified atom stereocenters. The molecule has 3 aromatic rings. The summed E-state index contributed by atoms with van der Waals surface area (Å²) in [6.45, 7) is 3.89. The minimum Gasteiger partial charge on any atom is -0.496 e. The SMILES string of the molecule is COCc1ncc(C)c2nc(C)c(C(N)=O)c(-c3ccc(C#N)cc3OC)c12. The maximum atomic E-state index is 12.4. The number of nitriles is 1. The van der Waals surface area contributed by atoms with Crippen molar-refractivity contribution in [3.05, 3.63) is 52.5 Å². The average molecular weight is 376 g/mol. The second-order valence-electron chi connectivity index (χ2n) is 6.38. The number of rotatable bonds is 5. The van der Waals surface area contributed by atoms with Crippen LogP contribution in [0.2, 0.25) is 0 Å². The number of methoxy groups -OCH3 is 2. The average Bonchev–Trinajstić information content (AvgIpc) is 2.68. The molecule has 0 bridgehead atoms. The molecule has 7 heteroatoms. The highest BCUT2D eigenvalue weighted by Gasteiger charge is 2.24. The van der Waals surface area contributed by atoms with Gasteiger partial charge in [-0.25, -0.2) is 0 Å². The number of primary amides is 1. The number of nitrogens with two attached hydrogens (primary N) is 1. The molecule has 0 radical (unpaired) electrons. The molecule has 0 atom stereocenters. The topological polar surface area (TPSA) is 111 Å². The summed E-state index contributed by atoms with van der Waals surface area (Å²) in [7, 11) is 3.09. The second kappa shape index (κ2) is 7.62. The molecular weight excluding hydrogens is 356 g/mol. The summed E-state index contributed by atoms with van der Waals surface area (Å²) in [4.78, 5) is 21.5. The number of hydrogen-bond donors (Lipinski definition) is 1. The van der Waals surface area contributed by atoms with Gasteiger partial charge in [0.25, 0.3) is 5.91 Å². The fourth-order valence-electron chi connectivity index (χ4n) is 3.35. The van der Waals surface area contributed by atoms with E-state index in [1.807, 2.05) is 6.92 Å². The molecule has 0 aliphatic carbocycles. The Morgan fingerprint density at radius 1 is 1.29 bits per heavy atom. The number of carbonyl (C=O) groups is 1. The van der Waals surface area contributed by atoms with E-state index in [0.29, 0.717) is 50.3 Å². The molecule has 0 aliphatic heterocycles. The minimum absolute atomic E-state index is 0.241. The normalized spacial score (nSPS) is 10.7. The number of pyridine rings is 2. The fraction of sp³-hybridized carbons (Fsp3) is 0.238. The van der Waals surface area contributed by atoms with Crippen molar-refractivity contribution in [3.8, 4) is 22.9 Å². The third-order valence-electron chi connectivity index (χ3n) is 4.58. The van der Waals surface area contributed by atoms with Crippen molar-refractivity contribution in [2.45, 2.75) is 20.5 Å². The van der Waals surface area contributed by atoms with Crippen LogP contribution in [-0.2, 0) is 11.3 Å². The van der Waals surface area contributed by atoms with Crippen LogP contribution in [0.3, 0.4) is 0 Å². The van der Waals surface area contributed by atoms with Crippen LogP contribution >= 0.6 is 0 Å². The Labute approximate surface area is 162 Å². The molecular formula is C21H20N4O3. The van der Waals surface area contributed by atoms with Crippen LogP contribution in [0.15, 0.2) is 24.4 Å². The van der Waals surface area contributed by atoms with Crippen LogP contribution in [0.5, 0.6) is 5.75 Å². The molecule has 7 nitrogen and oxygen atoms in total. The van der Waals surface area contributed by atoms with Gasteiger partial charge in [0.2, 0.25) is 0 Å². The molecule has 3 rings (SSSR count). The Kier molecular flexibility index (Phi) is 5.25. The Bertz CT molecular complexity index is 1130. The highest BCUT2D eigenvalue weighted by molar-refractivity contribution is 6.11. The largest absolute Gasteiger partial charge is 0.496 e. The molecule has 1 amide bonds. The zero-order valence-corrected chi connectivity index (χ0v) is 16.2. The summed E-state index contributed by atoms with van der Waals surface area (Å²) in [6.07, 6.45) is 1.73. The number of benzene rings is 1. The first kappa shape index (κ1) is 19.3. The number of ether oxygens (including phenoxy) is 2. The van der Waals surface area contributed by atoms with E-state index in [9.17, 15) is 10.1 Å². The molecule has 0 saturated heterocycles. The maximum Gasteiger partial charge on any atom is 0.251 e. The van der Waals surface area contributed by atoms with Gasteiger partial charge >= 0.3 is 0 Å². The second-order valence-corrected chi connectivity index (χ2v) is 6.38. The van der Waals surface area contributed by atoms with Gasteiger partial charge in [0, 0.05) is 29.8 Å². The summed E-state index contributed by atoms with van der Waals surface area (Å²) in [5, 5.41) is 9.90. The van der Waals surface area contributed by atoms with Crippen molar-refractivity contribution in [1.82, 2.24) is 9.97 Å². The van der Waals surface area contributed by atoms with Crippen LogP contribution in [0.1, 0.15) is 32.9 Å². The molecule has 0 spiro atoms. The Balaban J connectivity index is 2.57. The summed E-state index contributed by atoms with van der Waals surface area (Å²) in [5.41, 5.74) is 10.4. The van der Waals surface area contributed by atoms with Crippen LogP contribution in [0.4, 0.5) is 0 Å². The van der Waals surface area contributed by atoms with Crippen molar-refractivity contribution < 1.29 is 14.3 Å². The molecule has 0 saturated carbocycles. The molecule has 0 aliphatic rings. The van der Waals surface area contributed by atoms with Crippen molar-refractivity contribution >= 4 is 16.8 Å². The fourth-order valence-corrected chi connectivity index (χ4v) is 3.35. The van der Waals surface area contributed by atoms with E-state index in [1.165, 1.54) is 7.11 Å². The standard InChI is InChI=1S/C21H20N4O3/c1-11-9-24-15(10-27-3)19-18(17(21(23)26)12(2)25-20(11)19)14-6-5-13(8-22)7-16(14)28-4/h5-7,9H,10H2,1-4H3,(H2,23,26). The number of nitrogens with zero attached hydrogens (tertiary/aromatic N) is 3. The van der Waals surface area contributed by atoms with Gasteiger partial charge in [-0.15, -0.1) is 0 Å². The molecule has 0 fully saturated rings. The van der Waals surface area contributed by atoms with Crippen molar-refractivity contribution in [3.63, 3.8) is 0 Å². The van der Waals surface area contributed by atoms with Gasteiger partial charge in [-0.2, -0.15) is 5.26 Å². The predicted molar refractivity (Wildman–Crippen MR) is 105 cm³/mol. The molecule has 142 valence electrons. The lowest BCUT2D eigenvalue weighted by atomic mass is 9.91. The lowest BCUT2D eigenvalue weighted by Crippen LogP contribution is -2.17. The van der Waals surface area contributed by atoms with Crippen LogP contribution in [-0.4, -0.2) is 30.1 Å². The lowest BCUT2D eigenvalue weighted by molar-refractivity contribution is 0.1000. The summed E-state index contributed by atoms with van der Waals surface area (Å²) >= 11 is 0. The lowest BCUT2D eigenvalue weighted by Gasteiger charge is -2.19. The van der Waals surface area contributed by atoms with Gasteiger partial charge < -0.3 is 15.2 Å². The van der Waals surface area contributed by atoms with Crippen molar-refractivity contribution in [1.29, 1.82) is 5.26 Å². The highest BCUT2D eigenvalue weighted by Crippen LogP contribution is 2.40. The first-order valence-electron chi connectivity index (χ1n) is 8.58. The minimum atomic E-state index is -0.599. The number of carbonyl (C=O) groups excluding carboxylic acids is 1. The maximum absolute atomic E-state index is 12.4. The number of amides is 1. The summed E-state index contributed by atoms with van der Waals surface area (Å²) < 4.78 is 10.8. The summed E-state index contributed by atoms with van der Waals surface area (Å²) in [6, 6.07) is 7.13. The first-order valence-corrected chi connectivity index (χ1v) is 8.58. The smallest absolute Gasteiger partial charge is 0.251 e. The van der Waals surface area contributed by atoms with Gasteiger partial charge in [0.05, 0.1) is 47.8 Å². The number of aromatic nitrogens is 2. The number of hydrogen-bond acceptors (Lipinski definition) is 6. The molecule has 2 N–H and O–H groups in total. The van der Waals surface area contributed by atoms with Gasteiger partial charge in [-0.3, -0.25) is 14.8 Å². The van der Waals surface area contributed by atoms with E-state index < -0.39 is 5.91 Å². The molecule has 2 aromatic heterocycles. The van der Waals surface area contributed by atoms with Crippen LogP contribution in [0, 0.1) is 25.2 Å². The predicted octanol–water partition coefficient (Wildman–Crippen LogP) is 3.04. The van der Waals surface area contributed by atoms with E-state index in [4.69, 9.17) is 15.2 Å². The van der Waals surface area contributed by atoms with E-state index in [2.05, 4.69) is 16.0 Å². The van der Waals surface area contributed by atoms with Crippen LogP contribution < -0.4 is 10.5 Å². The number of aryl methyl sites for hydroxylation is 2. The summed E-state index contributed by atoms with van der Waals surface area (Å²) in [5.74, 6) is -0.142. The molecule has 1 aromatic carbocycles. The Morgan fingerprint density at radius 2 is 2.04 bits per heavy atom. The van der Waals surface area contributed by atoms with Gasteiger partial charge in [-0.05, 0) is 37.6 Å². The van der Waals surface area contributed by atoms with E-state index >= 15 is 0 Å². The Morgan fingerprint density at radius 3 is 2.64 bits per heavy atom. The van der Waals surface area contributed by atoms with Gasteiger partial charge in [0.1, 0.15) is 5.75 Å². The quantitative estimate of drug-likeness (QED) is 0.732. The van der Waals surface area contributed by atoms with Crippen molar-refractivity contribution in [2.75, 3.05) is 14.2 Å². The van der Waals surface area contributed by atoms with Crippen LogP contribution in [0.25, 0.3) is 22.0 Å². The monoisotopic (exact) mass is 376 g/mol.